The van der Waals surface area contributed by atoms with E-state index in [4.69, 9.17) is 4.74 Å². The van der Waals surface area contributed by atoms with E-state index in [0.717, 1.165) is 28.8 Å². The Morgan fingerprint density at radius 3 is 2.38 bits per heavy atom. The molecule has 1 spiro atoms. The molecule has 4 aliphatic heterocycles. The fourth-order valence-electron chi connectivity index (χ4n) is 7.56. The number of hydrogen-bond acceptors (Lipinski definition) is 5. The van der Waals surface area contributed by atoms with Crippen LogP contribution in [-0.2, 0) is 25.5 Å². The highest BCUT2D eigenvalue weighted by Crippen LogP contribution is 2.54. The third-order valence-electron chi connectivity index (χ3n) is 9.30. The highest BCUT2D eigenvalue weighted by molar-refractivity contribution is 6.06. The molecule has 0 aromatic heterocycles. The summed E-state index contributed by atoms with van der Waals surface area (Å²) < 4.78 is 6.79. The molecule has 3 amide bonds. The van der Waals surface area contributed by atoms with E-state index in [0.29, 0.717) is 26.1 Å². The Bertz CT molecular complexity index is 1420. The molecule has 8 heteroatoms. The third-order valence-corrected chi connectivity index (χ3v) is 9.30. The lowest BCUT2D eigenvalue weighted by molar-refractivity contribution is -0.146. The number of hydrogen-bond donors (Lipinski definition) is 1. The number of anilines is 1. The van der Waals surface area contributed by atoms with Crippen LogP contribution in [0.25, 0.3) is 0 Å². The zero-order valence-electron chi connectivity index (χ0n) is 24.5. The number of aryl methyl sites for hydroxylation is 2. The largest absolute Gasteiger partial charge is 0.394 e. The first-order chi connectivity index (χ1) is 20.3. The molecular formula is C34H39N3O5. The van der Waals surface area contributed by atoms with Gasteiger partial charge in [-0.3, -0.25) is 14.4 Å². The highest BCUT2D eigenvalue weighted by Gasteiger charge is 2.72. The Balaban J connectivity index is 1.49. The molecule has 2 aromatic rings. The second kappa shape index (κ2) is 11.2. The molecule has 6 rings (SSSR count). The van der Waals surface area contributed by atoms with E-state index in [1.54, 1.807) is 14.7 Å². The fraction of sp³-hybridized carbons (Fsp3) is 0.441. The van der Waals surface area contributed by atoms with Crippen LogP contribution in [0.4, 0.5) is 5.69 Å². The van der Waals surface area contributed by atoms with Crippen LogP contribution < -0.4 is 4.90 Å². The number of ether oxygens (including phenoxy) is 1. The third kappa shape index (κ3) is 4.39. The Labute approximate surface area is 247 Å². The van der Waals surface area contributed by atoms with Crippen LogP contribution >= 0.6 is 0 Å². The van der Waals surface area contributed by atoms with Crippen LogP contribution in [-0.4, -0.2) is 82.7 Å². The van der Waals surface area contributed by atoms with Crippen LogP contribution in [0, 0.1) is 25.7 Å². The Hall–Kier alpha value is -3.75. The fourth-order valence-corrected chi connectivity index (χ4v) is 7.56. The molecule has 8 nitrogen and oxygen atoms in total. The lowest BCUT2D eigenvalue weighted by Crippen LogP contribution is -2.58. The number of carbonyl (C=O) groups is 3. The van der Waals surface area contributed by atoms with Crippen molar-refractivity contribution in [3.8, 4) is 0 Å². The van der Waals surface area contributed by atoms with E-state index >= 15 is 0 Å². The van der Waals surface area contributed by atoms with Gasteiger partial charge in [0, 0.05) is 25.3 Å². The zero-order chi connectivity index (χ0) is 29.6. The number of amides is 3. The van der Waals surface area contributed by atoms with Crippen molar-refractivity contribution in [3.63, 3.8) is 0 Å². The average molecular weight is 570 g/mol. The smallest absolute Gasteiger partial charge is 0.253 e. The van der Waals surface area contributed by atoms with E-state index in [2.05, 4.69) is 0 Å². The van der Waals surface area contributed by atoms with Crippen molar-refractivity contribution in [2.24, 2.45) is 11.8 Å². The normalized spacial score (nSPS) is 29.3. The number of fused-ring (bicyclic) bond motifs is 2. The first-order valence-corrected chi connectivity index (χ1v) is 15.0. The number of rotatable bonds is 7. The van der Waals surface area contributed by atoms with Crippen molar-refractivity contribution in [3.05, 3.63) is 89.5 Å². The summed E-state index contributed by atoms with van der Waals surface area (Å²) in [5.74, 6) is -2.34. The lowest BCUT2D eigenvalue weighted by atomic mass is 9.77. The molecule has 1 N–H and O–H groups in total. The molecule has 2 saturated heterocycles. The molecule has 4 aliphatic rings. The number of nitrogens with zero attached hydrogens (tertiary/aromatic N) is 3. The summed E-state index contributed by atoms with van der Waals surface area (Å²) in [4.78, 5) is 48.6. The summed E-state index contributed by atoms with van der Waals surface area (Å²) in [7, 11) is 0. The Morgan fingerprint density at radius 2 is 1.69 bits per heavy atom. The lowest BCUT2D eigenvalue weighted by Gasteiger charge is -2.39. The van der Waals surface area contributed by atoms with Crippen LogP contribution in [0.1, 0.15) is 30.0 Å². The minimum absolute atomic E-state index is 0.122. The van der Waals surface area contributed by atoms with E-state index in [1.165, 1.54) is 0 Å². The summed E-state index contributed by atoms with van der Waals surface area (Å²) in [6.45, 7) is 7.00. The Morgan fingerprint density at radius 1 is 0.952 bits per heavy atom. The van der Waals surface area contributed by atoms with Gasteiger partial charge < -0.3 is 24.5 Å². The van der Waals surface area contributed by atoms with Gasteiger partial charge in [0.05, 0.1) is 30.6 Å². The number of aliphatic hydroxyl groups is 1. The number of likely N-dealkylation sites (tertiary alicyclic amines) is 1. The predicted molar refractivity (Wildman–Crippen MR) is 160 cm³/mol. The van der Waals surface area contributed by atoms with Crippen molar-refractivity contribution in [1.82, 2.24) is 9.80 Å². The second-order valence-corrected chi connectivity index (χ2v) is 11.9. The number of para-hydroxylation sites is 1. The summed E-state index contributed by atoms with van der Waals surface area (Å²) in [5, 5.41) is 10.7. The van der Waals surface area contributed by atoms with Crippen LogP contribution in [0.5, 0.6) is 0 Å². The number of benzene rings is 2. The SMILES string of the molecule is CCCN1CC=C[C@H]2O[C@]34C=CCN(c5c(C)cccc5C)C(=O)C3N([C@@H](CO)Cc3ccccc3)C(=O)[C@@H]4[C@H]2C1=O. The standard InChI is InChI=1S/C34H39N3O5/c1-4-17-35-18-9-15-26-27(31(35)39)28-32(40)37(25(21-38)20-24-13-6-5-7-14-24)30-33(41)36(19-10-16-34(28,30)42-26)29-22(2)11-8-12-23(29)3/h5-16,25-28,30,38H,4,17-21H2,1-3H3/t25-,26-,27+,28+,30?,34+/m1/s1. The molecule has 2 aromatic carbocycles. The second-order valence-electron chi connectivity index (χ2n) is 11.9. The van der Waals surface area contributed by atoms with Gasteiger partial charge in [0.15, 0.2) is 0 Å². The van der Waals surface area contributed by atoms with Crippen LogP contribution in [0.15, 0.2) is 72.8 Å². The van der Waals surface area contributed by atoms with E-state index in [-0.39, 0.29) is 24.3 Å². The summed E-state index contributed by atoms with van der Waals surface area (Å²) in [6, 6.07) is 13.9. The monoisotopic (exact) mass is 569 g/mol. The molecule has 0 radical (unpaired) electrons. The van der Waals surface area contributed by atoms with E-state index in [1.807, 2.05) is 93.6 Å². The molecule has 6 atom stereocenters. The maximum atomic E-state index is 14.8. The maximum absolute atomic E-state index is 14.8. The summed E-state index contributed by atoms with van der Waals surface area (Å²) >= 11 is 0. The number of carbonyl (C=O) groups excluding carboxylic acids is 3. The van der Waals surface area contributed by atoms with E-state index < -0.39 is 35.6 Å². The van der Waals surface area contributed by atoms with Crippen molar-refractivity contribution < 1.29 is 24.2 Å². The van der Waals surface area contributed by atoms with Gasteiger partial charge >= 0.3 is 0 Å². The van der Waals surface area contributed by atoms with Crippen molar-refractivity contribution in [2.45, 2.75) is 57.4 Å². The first-order valence-electron chi connectivity index (χ1n) is 15.0. The van der Waals surface area contributed by atoms with Gasteiger partial charge in [-0.1, -0.05) is 79.8 Å². The molecule has 0 aliphatic carbocycles. The quantitative estimate of drug-likeness (QED) is 0.518. The highest BCUT2D eigenvalue weighted by atomic mass is 16.5. The van der Waals surface area contributed by atoms with Gasteiger partial charge in [0.2, 0.25) is 11.8 Å². The molecular weight excluding hydrogens is 530 g/mol. The van der Waals surface area contributed by atoms with Gasteiger partial charge in [-0.25, -0.2) is 0 Å². The molecule has 2 fully saturated rings. The molecule has 4 heterocycles. The minimum atomic E-state index is -1.34. The topological polar surface area (TPSA) is 90.4 Å². The van der Waals surface area contributed by atoms with Gasteiger partial charge in [0.25, 0.3) is 5.91 Å². The Kier molecular flexibility index (Phi) is 7.53. The van der Waals surface area contributed by atoms with Crippen LogP contribution in [0.3, 0.4) is 0 Å². The predicted octanol–water partition coefficient (Wildman–Crippen LogP) is 3.20. The summed E-state index contributed by atoms with van der Waals surface area (Å²) in [5.41, 5.74) is 2.32. The van der Waals surface area contributed by atoms with Gasteiger partial charge in [-0.2, -0.15) is 0 Å². The van der Waals surface area contributed by atoms with Crippen molar-refractivity contribution in [1.29, 1.82) is 0 Å². The average Bonchev–Trinajstić information content (AvgIpc) is 3.31. The van der Waals surface area contributed by atoms with E-state index in [9.17, 15) is 19.5 Å². The van der Waals surface area contributed by atoms with Gasteiger partial charge in [0.1, 0.15) is 11.6 Å². The zero-order valence-corrected chi connectivity index (χ0v) is 24.5. The molecule has 0 saturated carbocycles. The first kappa shape index (κ1) is 28.4. The molecule has 0 bridgehead atoms. The maximum Gasteiger partial charge on any atom is 0.253 e. The van der Waals surface area contributed by atoms with Crippen LogP contribution in [0.2, 0.25) is 0 Å². The van der Waals surface area contributed by atoms with Gasteiger partial charge in [-0.05, 0) is 43.4 Å². The number of aliphatic hydroxyl groups excluding tert-OH is 1. The minimum Gasteiger partial charge on any atom is -0.394 e. The van der Waals surface area contributed by atoms with Gasteiger partial charge in [-0.15, -0.1) is 0 Å². The molecule has 42 heavy (non-hydrogen) atoms. The summed E-state index contributed by atoms with van der Waals surface area (Å²) in [6.07, 6.45) is 8.13. The molecule has 220 valence electrons. The van der Waals surface area contributed by atoms with Crippen molar-refractivity contribution >= 4 is 23.4 Å². The van der Waals surface area contributed by atoms with Crippen molar-refractivity contribution in [2.75, 3.05) is 31.1 Å². The molecule has 1 unspecified atom stereocenters.